The Labute approximate surface area is 368 Å². The largest absolute Gasteiger partial charge is 0.310 e. The smallest absolute Gasteiger partial charge is 0.0541 e. The lowest BCUT2D eigenvalue weighted by Crippen LogP contribution is -2.21. The van der Waals surface area contributed by atoms with Crippen molar-refractivity contribution < 1.29 is 0 Å². The Morgan fingerprint density at radius 3 is 1.76 bits per heavy atom. The molecule has 1 aliphatic rings. The van der Waals surface area contributed by atoms with E-state index in [2.05, 4.69) is 254 Å². The molecule has 2 heteroatoms. The lowest BCUT2D eigenvalue weighted by molar-refractivity contribution is 0.661. The van der Waals surface area contributed by atoms with Crippen LogP contribution in [0.3, 0.4) is 0 Å². The van der Waals surface area contributed by atoms with Crippen LogP contribution in [0.2, 0.25) is 0 Å². The number of hydrogen-bond donors (Lipinski definition) is 0. The first-order valence-electron chi connectivity index (χ1n) is 21.9. The van der Waals surface area contributed by atoms with Crippen molar-refractivity contribution in [3.05, 3.63) is 242 Å². The van der Waals surface area contributed by atoms with Crippen molar-refractivity contribution in [1.29, 1.82) is 0 Å². The molecule has 0 spiro atoms. The monoisotopic (exact) mass is 804 g/mol. The van der Waals surface area contributed by atoms with Gasteiger partial charge in [0.05, 0.1) is 22.4 Å². The molecule has 0 N–H and O–H groups in total. The van der Waals surface area contributed by atoms with Gasteiger partial charge in [0.1, 0.15) is 0 Å². The lowest BCUT2D eigenvalue weighted by atomic mass is 9.80. The minimum Gasteiger partial charge on any atom is -0.310 e. The normalized spacial score (nSPS) is 12.7. The summed E-state index contributed by atoms with van der Waals surface area (Å²) in [4.78, 5) is 2.52. The van der Waals surface area contributed by atoms with Crippen molar-refractivity contribution in [3.8, 4) is 50.2 Å². The lowest BCUT2D eigenvalue weighted by Gasteiger charge is -2.33. The van der Waals surface area contributed by atoms with Gasteiger partial charge in [-0.2, -0.15) is 0 Å². The van der Waals surface area contributed by atoms with Crippen LogP contribution in [0, 0.1) is 0 Å². The van der Waals surface area contributed by atoms with Gasteiger partial charge in [0.25, 0.3) is 0 Å². The number of aromatic nitrogens is 1. The summed E-state index contributed by atoms with van der Waals surface area (Å²) in [5, 5.41) is 4.91. The molecule has 2 nitrogen and oxygen atoms in total. The highest BCUT2D eigenvalue weighted by Gasteiger charge is 2.39. The van der Waals surface area contributed by atoms with E-state index in [0.29, 0.717) is 0 Å². The number of para-hydroxylation sites is 2. The predicted molar refractivity (Wildman–Crippen MR) is 267 cm³/mol. The van der Waals surface area contributed by atoms with Crippen molar-refractivity contribution in [1.82, 2.24) is 4.57 Å². The molecule has 1 aliphatic carbocycles. The van der Waals surface area contributed by atoms with Gasteiger partial charge >= 0.3 is 0 Å². The third-order valence-electron chi connectivity index (χ3n) is 13.3. The van der Waals surface area contributed by atoms with Gasteiger partial charge < -0.3 is 9.47 Å². The fraction of sp³-hybridized carbons (Fsp3) is 0.0492. The highest BCUT2D eigenvalue weighted by atomic mass is 15.1. The van der Waals surface area contributed by atoms with E-state index in [0.717, 1.165) is 17.1 Å². The molecule has 12 rings (SSSR count). The van der Waals surface area contributed by atoms with E-state index < -0.39 is 0 Å². The molecule has 0 saturated heterocycles. The second-order valence-electron chi connectivity index (χ2n) is 17.3. The summed E-state index contributed by atoms with van der Waals surface area (Å²) in [5.74, 6) is 0. The Balaban J connectivity index is 1.10. The van der Waals surface area contributed by atoms with Gasteiger partial charge in [-0.3, -0.25) is 0 Å². The summed E-state index contributed by atoms with van der Waals surface area (Å²) < 4.78 is 2.43. The van der Waals surface area contributed by atoms with Gasteiger partial charge in [-0.1, -0.05) is 184 Å². The van der Waals surface area contributed by atoms with E-state index in [1.165, 1.54) is 93.9 Å². The number of anilines is 3. The number of nitrogens with zero attached hydrogens (tertiary/aromatic N) is 2. The van der Waals surface area contributed by atoms with Crippen molar-refractivity contribution in [2.75, 3.05) is 4.90 Å². The summed E-state index contributed by atoms with van der Waals surface area (Å²) in [5.41, 5.74) is 19.3. The van der Waals surface area contributed by atoms with Crippen LogP contribution in [0.25, 0.3) is 82.8 Å². The molecule has 0 saturated carbocycles. The van der Waals surface area contributed by atoms with Gasteiger partial charge in [0.2, 0.25) is 0 Å². The molecule has 10 aromatic carbocycles. The van der Waals surface area contributed by atoms with Crippen LogP contribution >= 0.6 is 0 Å². The van der Waals surface area contributed by atoms with E-state index in [1.54, 1.807) is 0 Å². The van der Waals surface area contributed by atoms with Crippen LogP contribution in [-0.4, -0.2) is 4.57 Å². The van der Waals surface area contributed by atoms with Gasteiger partial charge in [0.15, 0.2) is 0 Å². The topological polar surface area (TPSA) is 8.17 Å². The second-order valence-corrected chi connectivity index (χ2v) is 17.3. The molecule has 0 bridgehead atoms. The highest BCUT2D eigenvalue weighted by molar-refractivity contribution is 6.11. The molecule has 0 radical (unpaired) electrons. The fourth-order valence-electron chi connectivity index (χ4n) is 10.5. The SMILES string of the molecule is CC1(C)c2ccccc2-c2cc(-c3ccc4c(c3)c3ccccc3n4-c3cccc(-c4ccccc4)c3)cc(N(c3ccccc3)c3ccc(-c4ccccc4)c4ccccc34)c21. The fourth-order valence-corrected chi connectivity index (χ4v) is 10.5. The maximum absolute atomic E-state index is 2.52. The first-order chi connectivity index (χ1) is 31.0. The predicted octanol–water partition coefficient (Wildman–Crippen LogP) is 16.7. The molecular weight excluding hydrogens is 761 g/mol. The zero-order valence-corrected chi connectivity index (χ0v) is 35.3. The minimum absolute atomic E-state index is 0.252. The zero-order valence-electron chi connectivity index (χ0n) is 35.3. The van der Waals surface area contributed by atoms with Crippen molar-refractivity contribution in [3.63, 3.8) is 0 Å². The first kappa shape index (κ1) is 36.9. The first-order valence-corrected chi connectivity index (χ1v) is 21.9. The van der Waals surface area contributed by atoms with Crippen LogP contribution in [0.1, 0.15) is 25.0 Å². The van der Waals surface area contributed by atoms with Gasteiger partial charge in [0, 0.05) is 32.9 Å². The van der Waals surface area contributed by atoms with Crippen LogP contribution < -0.4 is 4.90 Å². The van der Waals surface area contributed by atoms with Crippen LogP contribution in [-0.2, 0) is 5.41 Å². The molecule has 0 aliphatic heterocycles. The molecule has 63 heavy (non-hydrogen) atoms. The number of fused-ring (bicyclic) bond motifs is 7. The van der Waals surface area contributed by atoms with E-state index in [-0.39, 0.29) is 5.41 Å². The van der Waals surface area contributed by atoms with Crippen LogP contribution in [0.15, 0.2) is 231 Å². The molecule has 1 heterocycles. The average Bonchev–Trinajstić information content (AvgIpc) is 3.80. The quantitative estimate of drug-likeness (QED) is 0.156. The maximum Gasteiger partial charge on any atom is 0.0541 e. The Hall–Kier alpha value is -7.94. The van der Waals surface area contributed by atoms with E-state index in [9.17, 15) is 0 Å². The Morgan fingerprint density at radius 1 is 0.349 bits per heavy atom. The van der Waals surface area contributed by atoms with Crippen molar-refractivity contribution >= 4 is 49.6 Å². The Morgan fingerprint density at radius 2 is 0.968 bits per heavy atom. The maximum atomic E-state index is 2.52. The highest BCUT2D eigenvalue weighted by Crippen LogP contribution is 2.56. The standard InChI is InChI=1S/C61H44N2/c1-61(2)55-31-16-14-28-50(55)54-39-45(44-33-35-58-53(38-44)52-30-15-17-32-56(52)63(58)47-26-18-23-43(37-47)41-19-6-3-7-20-41)40-59(60(54)61)62(46-24-10-5-11-25-46)57-36-34-48(42-21-8-4-9-22-42)49-27-12-13-29-51(49)57/h3-40H,1-2H3. The summed E-state index contributed by atoms with van der Waals surface area (Å²) in [6.07, 6.45) is 0. The molecule has 0 fully saturated rings. The average molecular weight is 805 g/mol. The molecule has 1 aromatic heterocycles. The summed E-state index contributed by atoms with van der Waals surface area (Å²) in [7, 11) is 0. The number of rotatable bonds is 7. The summed E-state index contributed by atoms with van der Waals surface area (Å²) in [6, 6.07) is 84.7. The molecule has 0 amide bonds. The Bertz CT molecular complexity index is 3520. The molecular formula is C61H44N2. The van der Waals surface area contributed by atoms with Gasteiger partial charge in [-0.15, -0.1) is 0 Å². The van der Waals surface area contributed by atoms with E-state index in [4.69, 9.17) is 0 Å². The van der Waals surface area contributed by atoms with Gasteiger partial charge in [-0.05, 0) is 122 Å². The van der Waals surface area contributed by atoms with E-state index >= 15 is 0 Å². The van der Waals surface area contributed by atoms with Crippen molar-refractivity contribution in [2.24, 2.45) is 0 Å². The summed E-state index contributed by atoms with van der Waals surface area (Å²) >= 11 is 0. The van der Waals surface area contributed by atoms with Crippen LogP contribution in [0.4, 0.5) is 17.1 Å². The molecule has 11 aromatic rings. The van der Waals surface area contributed by atoms with Gasteiger partial charge in [-0.25, -0.2) is 0 Å². The molecule has 298 valence electrons. The van der Waals surface area contributed by atoms with Crippen LogP contribution in [0.5, 0.6) is 0 Å². The third kappa shape index (κ3) is 5.94. The molecule has 0 unspecified atom stereocenters. The third-order valence-corrected chi connectivity index (χ3v) is 13.3. The van der Waals surface area contributed by atoms with E-state index in [1.807, 2.05) is 0 Å². The Kier molecular flexibility index (Phi) is 8.55. The second kappa shape index (κ2) is 14.6. The number of benzene rings is 10. The zero-order chi connectivity index (χ0) is 42.1. The number of hydrogen-bond acceptors (Lipinski definition) is 1. The molecule has 0 atom stereocenters. The minimum atomic E-state index is -0.252. The van der Waals surface area contributed by atoms with Crippen molar-refractivity contribution in [2.45, 2.75) is 19.3 Å². The summed E-state index contributed by atoms with van der Waals surface area (Å²) in [6.45, 7) is 4.79.